The Morgan fingerprint density at radius 3 is 2.92 bits per heavy atom. The third-order valence-electron chi connectivity index (χ3n) is 1.87. The van der Waals surface area contributed by atoms with Crippen LogP contribution in [0.4, 0.5) is 0 Å². The summed E-state index contributed by atoms with van der Waals surface area (Å²) < 4.78 is 5.12. The molecule has 0 atom stereocenters. The summed E-state index contributed by atoms with van der Waals surface area (Å²) in [5.74, 6) is 0.854. The van der Waals surface area contributed by atoms with Gasteiger partial charge in [0.25, 0.3) is 0 Å². The first-order valence-corrected chi connectivity index (χ1v) is 4.01. The molecule has 3 N–H and O–H groups in total. The Morgan fingerprint density at radius 2 is 2.23 bits per heavy atom. The van der Waals surface area contributed by atoms with Crippen molar-refractivity contribution in [2.24, 2.45) is 0 Å². The van der Waals surface area contributed by atoms with Crippen LogP contribution in [-0.2, 0) is 0 Å². The van der Waals surface area contributed by atoms with Crippen LogP contribution in [0.15, 0.2) is 30.5 Å². The van der Waals surface area contributed by atoms with Crippen LogP contribution < -0.4 is 21.1 Å². The predicted molar refractivity (Wildman–Crippen MR) is 50.4 cm³/mol. The molecular formula is C9H11N3O. The molecule has 68 valence electrons. The molecule has 0 amide bonds. The van der Waals surface area contributed by atoms with Crippen molar-refractivity contribution in [1.82, 2.24) is 16.4 Å². The van der Waals surface area contributed by atoms with Crippen molar-refractivity contribution in [3.8, 4) is 5.75 Å². The molecular weight excluding hydrogens is 166 g/mol. The molecule has 13 heavy (non-hydrogen) atoms. The highest BCUT2D eigenvalue weighted by Crippen LogP contribution is 2.18. The maximum Gasteiger partial charge on any atom is 0.119 e. The maximum atomic E-state index is 5.12. The third kappa shape index (κ3) is 1.57. The number of hydrogen-bond acceptors (Lipinski definition) is 4. The molecule has 0 aliphatic carbocycles. The van der Waals surface area contributed by atoms with Crippen LogP contribution in [-0.4, -0.2) is 7.11 Å². The van der Waals surface area contributed by atoms with Crippen LogP contribution in [0.2, 0.25) is 0 Å². The molecule has 1 aromatic rings. The van der Waals surface area contributed by atoms with E-state index in [0.29, 0.717) is 0 Å². The van der Waals surface area contributed by atoms with Gasteiger partial charge in [-0.15, -0.1) is 0 Å². The summed E-state index contributed by atoms with van der Waals surface area (Å²) in [5, 5.41) is 0. The first-order valence-electron chi connectivity index (χ1n) is 4.01. The number of methoxy groups -OCH3 is 1. The molecule has 0 unspecified atom stereocenters. The number of hydrogen-bond donors (Lipinski definition) is 3. The lowest BCUT2D eigenvalue weighted by Gasteiger charge is -2.04. The molecule has 1 heterocycles. The highest BCUT2D eigenvalue weighted by Gasteiger charge is 2.05. The minimum Gasteiger partial charge on any atom is -0.497 e. The zero-order valence-corrected chi connectivity index (χ0v) is 7.29. The van der Waals surface area contributed by atoms with E-state index in [2.05, 4.69) is 16.4 Å². The van der Waals surface area contributed by atoms with Crippen LogP contribution in [0.3, 0.4) is 0 Å². The lowest BCUT2D eigenvalue weighted by molar-refractivity contribution is 0.414. The quantitative estimate of drug-likeness (QED) is 0.619. The number of hydrazine groups is 2. The molecule has 4 nitrogen and oxygen atoms in total. The van der Waals surface area contributed by atoms with E-state index in [4.69, 9.17) is 4.74 Å². The van der Waals surface area contributed by atoms with Crippen LogP contribution in [0.1, 0.15) is 5.56 Å². The second-order valence-corrected chi connectivity index (χ2v) is 2.68. The zero-order valence-electron chi connectivity index (χ0n) is 7.29. The van der Waals surface area contributed by atoms with Gasteiger partial charge in [-0.2, -0.15) is 5.53 Å². The summed E-state index contributed by atoms with van der Waals surface area (Å²) in [4.78, 5) is 0. The summed E-state index contributed by atoms with van der Waals surface area (Å²) in [5.41, 5.74) is 10.7. The molecule has 0 radical (unpaired) electrons. The summed E-state index contributed by atoms with van der Waals surface area (Å²) >= 11 is 0. The lowest BCUT2D eigenvalue weighted by Crippen LogP contribution is -2.31. The van der Waals surface area contributed by atoms with Gasteiger partial charge in [-0.1, -0.05) is 12.1 Å². The van der Waals surface area contributed by atoms with E-state index in [1.54, 1.807) is 7.11 Å². The van der Waals surface area contributed by atoms with Gasteiger partial charge >= 0.3 is 0 Å². The van der Waals surface area contributed by atoms with Gasteiger partial charge in [0.05, 0.1) is 12.8 Å². The SMILES string of the molecule is COc1cccc(C2=CNNN2)c1. The van der Waals surface area contributed by atoms with Crippen LogP contribution in [0, 0.1) is 0 Å². The van der Waals surface area contributed by atoms with Crippen LogP contribution in [0.5, 0.6) is 5.75 Å². The van der Waals surface area contributed by atoms with E-state index in [1.807, 2.05) is 30.5 Å². The average molecular weight is 177 g/mol. The number of rotatable bonds is 2. The molecule has 1 aromatic carbocycles. The van der Waals surface area contributed by atoms with Crippen molar-refractivity contribution in [1.29, 1.82) is 0 Å². The lowest BCUT2D eigenvalue weighted by atomic mass is 10.1. The number of nitrogens with one attached hydrogen (secondary N) is 3. The van der Waals surface area contributed by atoms with E-state index in [0.717, 1.165) is 17.0 Å². The largest absolute Gasteiger partial charge is 0.497 e. The van der Waals surface area contributed by atoms with Gasteiger partial charge in [0, 0.05) is 11.8 Å². The van der Waals surface area contributed by atoms with E-state index in [9.17, 15) is 0 Å². The van der Waals surface area contributed by atoms with Gasteiger partial charge in [0.15, 0.2) is 0 Å². The van der Waals surface area contributed by atoms with E-state index >= 15 is 0 Å². The van der Waals surface area contributed by atoms with Crippen LogP contribution >= 0.6 is 0 Å². The minimum atomic E-state index is 0.854. The van der Waals surface area contributed by atoms with Gasteiger partial charge in [-0.25, -0.2) is 0 Å². The second-order valence-electron chi connectivity index (χ2n) is 2.68. The Bertz CT molecular complexity index is 335. The summed E-state index contributed by atoms with van der Waals surface area (Å²) in [7, 11) is 1.66. The maximum absolute atomic E-state index is 5.12. The van der Waals surface area contributed by atoms with E-state index < -0.39 is 0 Å². The summed E-state index contributed by atoms with van der Waals surface area (Å²) in [6, 6.07) is 7.85. The normalized spacial score (nSPS) is 14.4. The van der Waals surface area contributed by atoms with E-state index in [-0.39, 0.29) is 0 Å². The smallest absolute Gasteiger partial charge is 0.119 e. The standard InChI is InChI=1S/C9H11N3O/c1-13-8-4-2-3-7(5-8)9-6-10-12-11-9/h2-6,10-12H,1H3. The summed E-state index contributed by atoms with van der Waals surface area (Å²) in [6.45, 7) is 0. The molecule has 0 saturated heterocycles. The van der Waals surface area contributed by atoms with Gasteiger partial charge in [0.2, 0.25) is 0 Å². The highest BCUT2D eigenvalue weighted by atomic mass is 16.5. The molecule has 0 spiro atoms. The Morgan fingerprint density at radius 1 is 1.31 bits per heavy atom. The zero-order chi connectivity index (χ0) is 9.10. The molecule has 1 aliphatic heterocycles. The molecule has 4 heteroatoms. The number of ether oxygens (including phenoxy) is 1. The predicted octanol–water partition coefficient (Wildman–Crippen LogP) is 0.606. The molecule has 0 saturated carbocycles. The van der Waals surface area contributed by atoms with Gasteiger partial charge in [-0.3, -0.25) is 0 Å². The Balaban J connectivity index is 2.29. The summed E-state index contributed by atoms with van der Waals surface area (Å²) in [6.07, 6.45) is 1.86. The van der Waals surface area contributed by atoms with Crippen molar-refractivity contribution in [2.45, 2.75) is 0 Å². The molecule has 1 aliphatic rings. The van der Waals surface area contributed by atoms with Crippen molar-refractivity contribution < 1.29 is 4.74 Å². The van der Waals surface area contributed by atoms with Crippen molar-refractivity contribution >= 4 is 5.70 Å². The first kappa shape index (κ1) is 7.94. The topological polar surface area (TPSA) is 45.3 Å². The second kappa shape index (κ2) is 3.37. The molecule has 0 aromatic heterocycles. The van der Waals surface area contributed by atoms with Gasteiger partial charge in [0.1, 0.15) is 5.75 Å². The van der Waals surface area contributed by atoms with Crippen molar-refractivity contribution in [3.05, 3.63) is 36.0 Å². The number of benzene rings is 1. The minimum absolute atomic E-state index is 0.854. The molecule has 0 bridgehead atoms. The van der Waals surface area contributed by atoms with Gasteiger partial charge < -0.3 is 15.6 Å². The van der Waals surface area contributed by atoms with Crippen molar-refractivity contribution in [3.63, 3.8) is 0 Å². The first-order chi connectivity index (χ1) is 6.40. The Labute approximate surface area is 76.5 Å². The third-order valence-corrected chi connectivity index (χ3v) is 1.87. The fourth-order valence-corrected chi connectivity index (χ4v) is 1.19. The fraction of sp³-hybridized carbons (Fsp3) is 0.111. The van der Waals surface area contributed by atoms with E-state index in [1.165, 1.54) is 0 Å². The van der Waals surface area contributed by atoms with Crippen molar-refractivity contribution in [2.75, 3.05) is 7.11 Å². The average Bonchev–Trinajstić information content (AvgIpc) is 2.71. The van der Waals surface area contributed by atoms with Crippen LogP contribution in [0.25, 0.3) is 5.70 Å². The Hall–Kier alpha value is -1.68. The molecule has 2 rings (SSSR count). The monoisotopic (exact) mass is 177 g/mol. The Kier molecular flexibility index (Phi) is 2.06. The van der Waals surface area contributed by atoms with Gasteiger partial charge in [-0.05, 0) is 12.1 Å². The molecule has 0 fully saturated rings. The fourth-order valence-electron chi connectivity index (χ4n) is 1.19. The highest BCUT2D eigenvalue weighted by molar-refractivity contribution is 5.65.